The first-order chi connectivity index (χ1) is 17.8. The number of rotatable bonds is 1. The highest BCUT2D eigenvalue weighted by Crippen LogP contribution is 2.26. The largest absolute Gasteiger partial charge is 0.106 e. The summed E-state index contributed by atoms with van der Waals surface area (Å²) >= 11 is 0. The molecule has 1 aromatic rings. The summed E-state index contributed by atoms with van der Waals surface area (Å²) in [5, 5.41) is 0. The van der Waals surface area contributed by atoms with Gasteiger partial charge in [-0.1, -0.05) is 172 Å². The Morgan fingerprint density at radius 2 is 0.975 bits per heavy atom. The van der Waals surface area contributed by atoms with E-state index in [0.717, 1.165) is 5.92 Å². The summed E-state index contributed by atoms with van der Waals surface area (Å²) in [6.07, 6.45) is 1.31. The summed E-state index contributed by atoms with van der Waals surface area (Å²) < 4.78 is 0. The molecule has 0 aliphatic heterocycles. The van der Waals surface area contributed by atoms with Crippen LogP contribution < -0.4 is 0 Å². The molecule has 0 amide bonds. The Labute approximate surface area is 258 Å². The summed E-state index contributed by atoms with van der Waals surface area (Å²) in [6.45, 7) is 51.5. The van der Waals surface area contributed by atoms with Gasteiger partial charge in [-0.2, -0.15) is 0 Å². The maximum Gasteiger partial charge on any atom is 0.0230 e. The van der Waals surface area contributed by atoms with E-state index in [2.05, 4.69) is 174 Å². The molecule has 1 rings (SSSR count). The molecule has 0 spiro atoms. The fourth-order valence-electron chi connectivity index (χ4n) is 2.06. The van der Waals surface area contributed by atoms with E-state index in [9.17, 15) is 0 Å². The standard InChI is InChI=1S/C10H14.C9H18.C7H12.2C5H12.2C2H6/c1-10(2,3)9-7-5-4-6-8-9;1-7(2)8(3)9(4,5)6;1-5-6-7(2,3)4;1-5(2,3)4;1-4-5(2)3;2*1-2/h4-8H,1-3H3;1-6H3;1-4H3;1-4H3;5H,4H2,1-3H3;2*1-2H3. The molecule has 0 radical (unpaired) electrons. The van der Waals surface area contributed by atoms with E-state index >= 15 is 0 Å². The molecule has 1 aromatic carbocycles. The Morgan fingerprint density at radius 1 is 0.675 bits per heavy atom. The van der Waals surface area contributed by atoms with Gasteiger partial charge >= 0.3 is 0 Å². The Balaban J connectivity index is -0.0000000896. The maximum absolute atomic E-state index is 3.03. The highest BCUT2D eigenvalue weighted by atomic mass is 14.2. The van der Waals surface area contributed by atoms with Crippen molar-refractivity contribution in [1.29, 1.82) is 0 Å². The molecule has 0 atom stereocenters. The Bertz CT molecular complexity index is 708. The zero-order valence-corrected chi connectivity index (χ0v) is 32.7. The number of hydrogen-bond donors (Lipinski definition) is 0. The number of hydrogen-bond acceptors (Lipinski definition) is 0. The van der Waals surface area contributed by atoms with Crippen LogP contribution in [-0.2, 0) is 5.41 Å². The fourth-order valence-corrected chi connectivity index (χ4v) is 2.06. The van der Waals surface area contributed by atoms with Gasteiger partial charge in [0.15, 0.2) is 0 Å². The van der Waals surface area contributed by atoms with Crippen molar-refractivity contribution in [2.45, 2.75) is 178 Å². The van der Waals surface area contributed by atoms with Crippen LogP contribution in [0, 0.1) is 34.0 Å². The number of allylic oxidation sites excluding steroid dienone is 2. The van der Waals surface area contributed by atoms with E-state index in [1.54, 1.807) is 0 Å². The van der Waals surface area contributed by atoms with Gasteiger partial charge in [0.2, 0.25) is 0 Å². The van der Waals surface area contributed by atoms with Crippen LogP contribution in [0.4, 0.5) is 0 Å². The molecule has 0 aromatic heterocycles. The molecule has 0 heterocycles. The van der Waals surface area contributed by atoms with Crippen LogP contribution in [0.1, 0.15) is 178 Å². The maximum atomic E-state index is 3.03. The zero-order chi connectivity index (χ0) is 34.0. The van der Waals surface area contributed by atoms with Crippen molar-refractivity contribution in [3.05, 3.63) is 47.0 Å². The molecule has 40 heavy (non-hydrogen) atoms. The lowest BCUT2D eigenvalue weighted by Crippen LogP contribution is -2.10. The minimum absolute atomic E-state index is 0.189. The van der Waals surface area contributed by atoms with Crippen LogP contribution in [0.5, 0.6) is 0 Å². The second kappa shape index (κ2) is 27.7. The first kappa shape index (κ1) is 51.3. The third-order valence-corrected chi connectivity index (χ3v) is 4.83. The third-order valence-electron chi connectivity index (χ3n) is 4.83. The SMILES string of the molecule is CC.CC.CC#CC(C)(C)C.CC(C)(C)C.CC(C)(C)c1ccccc1.CC(C)=C(C)C(C)(C)C.CCC(C)C. The molecule has 0 saturated carbocycles. The molecule has 0 fully saturated rings. The van der Waals surface area contributed by atoms with Crippen LogP contribution in [0.2, 0.25) is 0 Å². The topological polar surface area (TPSA) is 0 Å². The second-order valence-electron chi connectivity index (χ2n) is 14.9. The molecule has 0 nitrogen and oxygen atoms in total. The minimum atomic E-state index is 0.189. The van der Waals surface area contributed by atoms with Crippen LogP contribution in [0.25, 0.3) is 0 Å². The third kappa shape index (κ3) is 56.6. The summed E-state index contributed by atoms with van der Waals surface area (Å²) in [4.78, 5) is 0. The molecular formula is C40H80. The van der Waals surface area contributed by atoms with E-state index in [-0.39, 0.29) is 5.41 Å². The number of benzene rings is 1. The highest BCUT2D eigenvalue weighted by Gasteiger charge is 2.12. The van der Waals surface area contributed by atoms with Crippen LogP contribution >= 0.6 is 0 Å². The van der Waals surface area contributed by atoms with Crippen LogP contribution in [-0.4, -0.2) is 0 Å². The van der Waals surface area contributed by atoms with Crippen molar-refractivity contribution >= 4 is 0 Å². The molecule has 0 saturated heterocycles. The van der Waals surface area contributed by atoms with Crippen molar-refractivity contribution in [2.75, 3.05) is 0 Å². The van der Waals surface area contributed by atoms with Gasteiger partial charge in [-0.3, -0.25) is 0 Å². The first-order valence-corrected chi connectivity index (χ1v) is 15.9. The lowest BCUT2D eigenvalue weighted by atomic mass is 9.85. The summed E-state index contributed by atoms with van der Waals surface area (Å²) in [6, 6.07) is 10.6. The molecule has 240 valence electrons. The molecular weight excluding hydrogens is 480 g/mol. The molecule has 0 N–H and O–H groups in total. The monoisotopic (exact) mass is 561 g/mol. The molecule has 0 aliphatic rings. The van der Waals surface area contributed by atoms with Crippen LogP contribution in [0.3, 0.4) is 0 Å². The minimum Gasteiger partial charge on any atom is -0.106 e. The van der Waals surface area contributed by atoms with E-state index < -0.39 is 0 Å². The molecule has 0 aliphatic carbocycles. The summed E-state index contributed by atoms with van der Waals surface area (Å²) in [7, 11) is 0. The summed E-state index contributed by atoms with van der Waals surface area (Å²) in [5.74, 6) is 6.78. The highest BCUT2D eigenvalue weighted by molar-refractivity contribution is 5.22. The van der Waals surface area contributed by atoms with Gasteiger partial charge in [0, 0.05) is 5.41 Å². The van der Waals surface area contributed by atoms with Gasteiger partial charge in [0.25, 0.3) is 0 Å². The normalized spacial score (nSPS) is 10.1. The van der Waals surface area contributed by atoms with Crippen molar-refractivity contribution in [2.24, 2.45) is 22.2 Å². The average molecular weight is 561 g/mol. The van der Waals surface area contributed by atoms with Crippen LogP contribution in [0.15, 0.2) is 41.5 Å². The first-order valence-electron chi connectivity index (χ1n) is 15.9. The van der Waals surface area contributed by atoms with Gasteiger partial charge in [-0.05, 0) is 76.2 Å². The van der Waals surface area contributed by atoms with E-state index in [1.807, 2.05) is 34.6 Å². The van der Waals surface area contributed by atoms with Crippen molar-refractivity contribution in [3.8, 4) is 11.8 Å². The predicted molar refractivity (Wildman–Crippen MR) is 195 cm³/mol. The van der Waals surface area contributed by atoms with Crippen molar-refractivity contribution in [1.82, 2.24) is 0 Å². The van der Waals surface area contributed by atoms with Gasteiger partial charge in [-0.15, -0.1) is 5.92 Å². The van der Waals surface area contributed by atoms with Crippen molar-refractivity contribution in [3.63, 3.8) is 0 Å². The van der Waals surface area contributed by atoms with Gasteiger partial charge < -0.3 is 0 Å². The van der Waals surface area contributed by atoms with E-state index in [1.165, 1.54) is 23.1 Å². The van der Waals surface area contributed by atoms with Gasteiger partial charge in [0.1, 0.15) is 0 Å². The second-order valence-corrected chi connectivity index (χ2v) is 14.9. The molecule has 0 unspecified atom stereocenters. The summed E-state index contributed by atoms with van der Waals surface area (Å²) in [5.41, 5.74) is 5.69. The average Bonchev–Trinajstić information content (AvgIpc) is 2.80. The zero-order valence-electron chi connectivity index (χ0n) is 32.7. The fraction of sp³-hybridized carbons (Fsp3) is 0.750. The smallest absolute Gasteiger partial charge is 0.0230 e. The van der Waals surface area contributed by atoms with Gasteiger partial charge in [0.05, 0.1) is 0 Å². The Kier molecular flexibility index (Phi) is 35.5. The molecule has 0 bridgehead atoms. The predicted octanol–water partition coefficient (Wildman–Crippen LogP) is 14.6. The van der Waals surface area contributed by atoms with E-state index in [0.29, 0.717) is 16.2 Å². The lowest BCUT2D eigenvalue weighted by molar-refractivity contribution is 0.469. The lowest BCUT2D eigenvalue weighted by Gasteiger charge is -2.20. The molecule has 0 heteroatoms. The quantitative estimate of drug-likeness (QED) is 0.237. The van der Waals surface area contributed by atoms with Crippen molar-refractivity contribution < 1.29 is 0 Å². The Morgan fingerprint density at radius 3 is 1.05 bits per heavy atom. The van der Waals surface area contributed by atoms with E-state index in [4.69, 9.17) is 0 Å². The van der Waals surface area contributed by atoms with Gasteiger partial charge in [-0.25, -0.2) is 0 Å². The Hall–Kier alpha value is -1.48.